The number of alkyl halides is 2. The Bertz CT molecular complexity index is 1080. The van der Waals surface area contributed by atoms with Crippen LogP contribution >= 0.6 is 0 Å². The maximum absolute atomic E-state index is 12.6. The highest BCUT2D eigenvalue weighted by Gasteiger charge is 2.17. The van der Waals surface area contributed by atoms with Gasteiger partial charge in [0.25, 0.3) is 0 Å². The molecule has 5 nitrogen and oxygen atoms in total. The molecular formula is C19H12F2N2O3. The van der Waals surface area contributed by atoms with Crippen molar-refractivity contribution in [3.8, 4) is 11.8 Å². The van der Waals surface area contributed by atoms with Gasteiger partial charge in [0.1, 0.15) is 17.4 Å². The van der Waals surface area contributed by atoms with Gasteiger partial charge in [0.15, 0.2) is 5.78 Å². The molecule has 130 valence electrons. The third-order valence-electron chi connectivity index (χ3n) is 3.83. The lowest BCUT2D eigenvalue weighted by molar-refractivity contribution is -0.0501. The van der Waals surface area contributed by atoms with Crippen LogP contribution in [0.3, 0.4) is 0 Å². The monoisotopic (exact) mass is 354 g/mol. The van der Waals surface area contributed by atoms with Crippen molar-refractivity contribution in [2.45, 2.75) is 13.2 Å². The Hall–Kier alpha value is -3.53. The number of pyridine rings is 1. The Morgan fingerprint density at radius 2 is 1.85 bits per heavy atom. The number of hydrogen-bond acceptors (Lipinski definition) is 4. The lowest BCUT2D eigenvalue weighted by Crippen LogP contribution is -2.18. The quantitative estimate of drug-likeness (QED) is 0.659. The van der Waals surface area contributed by atoms with Crippen molar-refractivity contribution in [3.63, 3.8) is 0 Å². The van der Waals surface area contributed by atoms with E-state index in [9.17, 15) is 18.4 Å². The average Bonchev–Trinajstić information content (AvgIpc) is 2.64. The number of ether oxygens (including phenoxy) is 1. The molecule has 26 heavy (non-hydrogen) atoms. The first kappa shape index (κ1) is 17.3. The van der Waals surface area contributed by atoms with E-state index in [0.29, 0.717) is 10.9 Å². The van der Waals surface area contributed by atoms with E-state index in [1.54, 1.807) is 24.3 Å². The number of carbonyl (C=O) groups excluding carboxylic acids is 1. The van der Waals surface area contributed by atoms with E-state index in [-0.39, 0.29) is 23.4 Å². The van der Waals surface area contributed by atoms with Crippen molar-refractivity contribution in [1.82, 2.24) is 4.57 Å². The van der Waals surface area contributed by atoms with Crippen LogP contribution < -0.4 is 10.2 Å². The zero-order valence-electron chi connectivity index (χ0n) is 13.4. The van der Waals surface area contributed by atoms with Gasteiger partial charge >= 0.3 is 6.61 Å². The van der Waals surface area contributed by atoms with Gasteiger partial charge in [-0.2, -0.15) is 14.0 Å². The number of nitriles is 1. The number of para-hydroxylation sites is 2. The van der Waals surface area contributed by atoms with E-state index in [4.69, 9.17) is 5.26 Å². The maximum Gasteiger partial charge on any atom is 0.387 e. The Kier molecular flexibility index (Phi) is 4.76. The lowest BCUT2D eigenvalue weighted by Gasteiger charge is -2.13. The molecule has 0 fully saturated rings. The van der Waals surface area contributed by atoms with Gasteiger partial charge in [0, 0.05) is 11.6 Å². The molecule has 0 radical (unpaired) electrons. The van der Waals surface area contributed by atoms with Crippen molar-refractivity contribution < 1.29 is 18.3 Å². The van der Waals surface area contributed by atoms with Crippen LogP contribution in [-0.4, -0.2) is 17.0 Å². The summed E-state index contributed by atoms with van der Waals surface area (Å²) in [5.74, 6) is -0.711. The van der Waals surface area contributed by atoms with Gasteiger partial charge in [-0.1, -0.05) is 24.3 Å². The molecule has 3 rings (SSSR count). The summed E-state index contributed by atoms with van der Waals surface area (Å²) in [6.07, 6.45) is 1.29. The lowest BCUT2D eigenvalue weighted by atomic mass is 10.1. The summed E-state index contributed by atoms with van der Waals surface area (Å²) in [5, 5.41) is 9.45. The molecule has 0 saturated carbocycles. The van der Waals surface area contributed by atoms with E-state index in [1.807, 2.05) is 6.07 Å². The molecule has 0 atom stereocenters. The van der Waals surface area contributed by atoms with Crippen LogP contribution in [0.5, 0.6) is 5.75 Å². The van der Waals surface area contributed by atoms with Gasteiger partial charge in [-0.15, -0.1) is 0 Å². The molecule has 0 spiro atoms. The smallest absolute Gasteiger partial charge is 0.387 e. The molecule has 0 amide bonds. The van der Waals surface area contributed by atoms with Crippen LogP contribution in [0, 0.1) is 11.3 Å². The van der Waals surface area contributed by atoms with Crippen LogP contribution in [-0.2, 0) is 6.54 Å². The highest BCUT2D eigenvalue weighted by atomic mass is 19.3. The third kappa shape index (κ3) is 3.30. The highest BCUT2D eigenvalue weighted by molar-refractivity contribution is 5.99. The molecule has 0 aliphatic carbocycles. The first-order chi connectivity index (χ1) is 12.5. The third-order valence-corrected chi connectivity index (χ3v) is 3.83. The van der Waals surface area contributed by atoms with E-state index >= 15 is 0 Å². The fourth-order valence-electron chi connectivity index (χ4n) is 2.69. The van der Waals surface area contributed by atoms with E-state index in [0.717, 1.165) is 0 Å². The van der Waals surface area contributed by atoms with E-state index in [2.05, 4.69) is 4.74 Å². The van der Waals surface area contributed by atoms with Gasteiger partial charge in [-0.05, 0) is 24.3 Å². The van der Waals surface area contributed by atoms with Crippen LogP contribution in [0.15, 0.2) is 59.5 Å². The number of ketones is 1. The molecule has 0 aliphatic rings. The van der Waals surface area contributed by atoms with Gasteiger partial charge in [0.2, 0.25) is 5.43 Å². The fraction of sp³-hybridized carbons (Fsp3) is 0.105. The molecule has 2 aromatic carbocycles. The van der Waals surface area contributed by atoms with Crippen molar-refractivity contribution in [2.75, 3.05) is 0 Å². The van der Waals surface area contributed by atoms with Crippen LogP contribution in [0.4, 0.5) is 8.78 Å². The molecule has 0 unspecified atom stereocenters. The van der Waals surface area contributed by atoms with Gasteiger partial charge in [-0.25, -0.2) is 0 Å². The molecule has 0 saturated heterocycles. The molecular weight excluding hydrogens is 342 g/mol. The first-order valence-electron chi connectivity index (χ1n) is 7.60. The summed E-state index contributed by atoms with van der Waals surface area (Å²) in [6, 6.07) is 14.1. The summed E-state index contributed by atoms with van der Waals surface area (Å²) in [4.78, 5) is 24.9. The molecule has 7 heteroatoms. The zero-order chi connectivity index (χ0) is 18.7. The van der Waals surface area contributed by atoms with E-state index < -0.39 is 17.8 Å². The first-order valence-corrected chi connectivity index (χ1v) is 7.60. The number of aromatic nitrogens is 1. The van der Waals surface area contributed by atoms with Crippen molar-refractivity contribution in [1.29, 1.82) is 5.26 Å². The molecule has 0 N–H and O–H groups in total. The van der Waals surface area contributed by atoms with Crippen molar-refractivity contribution in [3.05, 3.63) is 76.1 Å². The Morgan fingerprint density at radius 3 is 2.58 bits per heavy atom. The number of Topliss-reactive ketones (excluding diaryl/α,β-unsaturated/α-hetero) is 1. The van der Waals surface area contributed by atoms with E-state index in [1.165, 1.54) is 35.0 Å². The summed E-state index contributed by atoms with van der Waals surface area (Å²) >= 11 is 0. The van der Waals surface area contributed by atoms with Crippen molar-refractivity contribution in [2.24, 2.45) is 0 Å². The van der Waals surface area contributed by atoms with Crippen molar-refractivity contribution >= 4 is 16.7 Å². The maximum atomic E-state index is 12.6. The number of hydrogen-bond donors (Lipinski definition) is 0. The predicted molar refractivity (Wildman–Crippen MR) is 90.3 cm³/mol. The van der Waals surface area contributed by atoms with Crippen LogP contribution in [0.25, 0.3) is 10.9 Å². The normalized spacial score (nSPS) is 10.7. The van der Waals surface area contributed by atoms with Gasteiger partial charge < -0.3 is 9.30 Å². The molecule has 0 bridgehead atoms. The van der Waals surface area contributed by atoms with Gasteiger partial charge in [-0.3, -0.25) is 9.59 Å². The molecule has 3 aromatic rings. The summed E-state index contributed by atoms with van der Waals surface area (Å²) in [7, 11) is 0. The number of rotatable bonds is 5. The molecule has 1 heterocycles. The summed E-state index contributed by atoms with van der Waals surface area (Å²) in [6.45, 7) is -3.29. The number of fused-ring (bicyclic) bond motifs is 1. The number of nitrogens with zero attached hydrogens (tertiary/aromatic N) is 2. The SMILES string of the molecule is N#Cc1cn(CC(=O)c2ccccc2OC(F)F)c2ccccc2c1=O. The second-order valence-electron chi connectivity index (χ2n) is 5.43. The second-order valence-corrected chi connectivity index (χ2v) is 5.43. The largest absolute Gasteiger partial charge is 0.434 e. The fourth-order valence-corrected chi connectivity index (χ4v) is 2.69. The number of benzene rings is 2. The minimum atomic E-state index is -3.05. The minimum Gasteiger partial charge on any atom is -0.434 e. The number of halogens is 2. The van der Waals surface area contributed by atoms with Crippen LogP contribution in [0.2, 0.25) is 0 Å². The van der Waals surface area contributed by atoms with Gasteiger partial charge in [0.05, 0.1) is 17.6 Å². The Balaban J connectivity index is 2.05. The second kappa shape index (κ2) is 7.15. The Morgan fingerprint density at radius 1 is 1.15 bits per heavy atom. The minimum absolute atomic E-state index is 0.00547. The zero-order valence-corrected chi connectivity index (χ0v) is 13.4. The standard InChI is InChI=1S/C19H12F2N2O3/c20-19(21)26-17-8-4-2-6-14(17)16(24)11-23-10-12(9-22)18(25)13-5-1-3-7-15(13)23/h1-8,10,19H,11H2. The summed E-state index contributed by atoms with van der Waals surface area (Å²) < 4.78 is 30.9. The predicted octanol–water partition coefficient (Wildman–Crippen LogP) is 3.36. The van der Waals surface area contributed by atoms with Crippen LogP contribution in [0.1, 0.15) is 15.9 Å². The topological polar surface area (TPSA) is 72.1 Å². The number of carbonyl (C=O) groups is 1. The molecule has 0 aliphatic heterocycles. The highest BCUT2D eigenvalue weighted by Crippen LogP contribution is 2.22. The molecule has 1 aromatic heterocycles. The summed E-state index contributed by atoms with van der Waals surface area (Å²) in [5.41, 5.74) is -0.0620. The average molecular weight is 354 g/mol. The Labute approximate surface area is 146 Å².